The molecule has 100 valence electrons. The van der Waals surface area contributed by atoms with Gasteiger partial charge in [-0.2, -0.15) is 13.2 Å². The smallest absolute Gasteiger partial charge is 0.416 e. The van der Waals surface area contributed by atoms with Crippen LogP contribution in [0.25, 0.3) is 11.1 Å². The van der Waals surface area contributed by atoms with Crippen LogP contribution in [0.1, 0.15) is 5.56 Å². The molecule has 0 aliphatic carbocycles. The fourth-order valence-electron chi connectivity index (χ4n) is 1.75. The number of anilines is 1. The maximum Gasteiger partial charge on any atom is 0.416 e. The average molecular weight is 267 g/mol. The van der Waals surface area contributed by atoms with Gasteiger partial charge in [-0.15, -0.1) is 0 Å². The van der Waals surface area contributed by atoms with Crippen LogP contribution < -0.4 is 10.5 Å². The first-order valence-electron chi connectivity index (χ1n) is 5.53. The molecule has 0 aromatic heterocycles. The molecule has 0 saturated heterocycles. The molecule has 19 heavy (non-hydrogen) atoms. The second-order valence-corrected chi connectivity index (χ2v) is 4.03. The van der Waals surface area contributed by atoms with Gasteiger partial charge < -0.3 is 10.5 Å². The van der Waals surface area contributed by atoms with Gasteiger partial charge in [0.15, 0.2) is 0 Å². The molecule has 2 nitrogen and oxygen atoms in total. The summed E-state index contributed by atoms with van der Waals surface area (Å²) in [5, 5.41) is 0. The van der Waals surface area contributed by atoms with Crippen LogP contribution in [-0.2, 0) is 6.18 Å². The van der Waals surface area contributed by atoms with Gasteiger partial charge in [-0.05, 0) is 35.9 Å². The number of hydrogen-bond donors (Lipinski definition) is 1. The number of ether oxygens (including phenoxy) is 1. The fourth-order valence-corrected chi connectivity index (χ4v) is 1.75. The van der Waals surface area contributed by atoms with Crippen LogP contribution in [-0.4, -0.2) is 7.11 Å². The van der Waals surface area contributed by atoms with Crippen molar-refractivity contribution in [1.29, 1.82) is 0 Å². The Kier molecular flexibility index (Phi) is 3.38. The van der Waals surface area contributed by atoms with Crippen LogP contribution in [0.5, 0.6) is 5.75 Å². The third kappa shape index (κ3) is 2.81. The Morgan fingerprint density at radius 1 is 1.00 bits per heavy atom. The SMILES string of the molecule is COc1ccc(-c2cc(C(F)(F)F)ccc2N)cc1. The second kappa shape index (κ2) is 4.84. The van der Waals surface area contributed by atoms with Crippen molar-refractivity contribution in [2.24, 2.45) is 0 Å². The first-order valence-corrected chi connectivity index (χ1v) is 5.53. The zero-order chi connectivity index (χ0) is 14.0. The number of nitrogen functional groups attached to an aromatic ring is 1. The number of nitrogens with two attached hydrogens (primary N) is 1. The second-order valence-electron chi connectivity index (χ2n) is 4.03. The van der Waals surface area contributed by atoms with E-state index in [9.17, 15) is 13.2 Å². The monoisotopic (exact) mass is 267 g/mol. The van der Waals surface area contributed by atoms with Crippen LogP contribution in [0, 0.1) is 0 Å². The number of methoxy groups -OCH3 is 1. The summed E-state index contributed by atoms with van der Waals surface area (Å²) in [6.45, 7) is 0. The van der Waals surface area contributed by atoms with Crippen LogP contribution >= 0.6 is 0 Å². The molecule has 0 atom stereocenters. The summed E-state index contributed by atoms with van der Waals surface area (Å²) in [6, 6.07) is 9.99. The fraction of sp³-hybridized carbons (Fsp3) is 0.143. The lowest BCUT2D eigenvalue weighted by molar-refractivity contribution is -0.137. The van der Waals surface area contributed by atoms with Gasteiger partial charge in [-0.25, -0.2) is 0 Å². The third-order valence-corrected chi connectivity index (χ3v) is 2.78. The van der Waals surface area contributed by atoms with Crippen molar-refractivity contribution in [1.82, 2.24) is 0 Å². The number of alkyl halides is 3. The summed E-state index contributed by atoms with van der Waals surface area (Å²) in [7, 11) is 1.52. The summed E-state index contributed by atoms with van der Waals surface area (Å²) >= 11 is 0. The lowest BCUT2D eigenvalue weighted by atomic mass is 10.0. The predicted octanol–water partition coefficient (Wildman–Crippen LogP) is 3.96. The molecule has 0 heterocycles. The first-order chi connectivity index (χ1) is 8.91. The van der Waals surface area contributed by atoms with Crippen molar-refractivity contribution in [3.63, 3.8) is 0 Å². The molecule has 2 N–H and O–H groups in total. The Morgan fingerprint density at radius 2 is 1.63 bits per heavy atom. The first kappa shape index (κ1) is 13.3. The highest BCUT2D eigenvalue weighted by Gasteiger charge is 2.30. The molecule has 0 aliphatic heterocycles. The van der Waals surface area contributed by atoms with E-state index < -0.39 is 11.7 Å². The topological polar surface area (TPSA) is 35.2 Å². The highest BCUT2D eigenvalue weighted by molar-refractivity contribution is 5.77. The van der Waals surface area contributed by atoms with Gasteiger partial charge in [0.1, 0.15) is 5.75 Å². The average Bonchev–Trinajstić information content (AvgIpc) is 2.38. The minimum absolute atomic E-state index is 0.304. The van der Waals surface area contributed by atoms with E-state index in [0.717, 1.165) is 12.1 Å². The Bertz CT molecular complexity index is 576. The molecular formula is C14H12F3NO. The Balaban J connectivity index is 2.48. The number of halogens is 3. The normalized spacial score (nSPS) is 11.4. The molecule has 0 bridgehead atoms. The molecule has 0 spiro atoms. The molecule has 0 amide bonds. The summed E-state index contributed by atoms with van der Waals surface area (Å²) in [5.74, 6) is 0.634. The van der Waals surface area contributed by atoms with Gasteiger partial charge >= 0.3 is 6.18 Å². The van der Waals surface area contributed by atoms with Gasteiger partial charge in [0.05, 0.1) is 12.7 Å². The molecule has 5 heteroatoms. The van der Waals surface area contributed by atoms with Crippen molar-refractivity contribution in [2.75, 3.05) is 12.8 Å². The van der Waals surface area contributed by atoms with E-state index in [-0.39, 0.29) is 0 Å². The largest absolute Gasteiger partial charge is 0.497 e. The summed E-state index contributed by atoms with van der Waals surface area (Å²) in [5.41, 5.74) is 6.30. The predicted molar refractivity (Wildman–Crippen MR) is 67.8 cm³/mol. The Hall–Kier alpha value is -2.17. The van der Waals surface area contributed by atoms with E-state index in [1.54, 1.807) is 24.3 Å². The number of hydrogen-bond acceptors (Lipinski definition) is 2. The number of benzene rings is 2. The Morgan fingerprint density at radius 3 is 2.16 bits per heavy atom. The minimum atomic E-state index is -4.38. The third-order valence-electron chi connectivity index (χ3n) is 2.78. The van der Waals surface area contributed by atoms with Crippen molar-refractivity contribution >= 4 is 5.69 Å². The van der Waals surface area contributed by atoms with E-state index in [4.69, 9.17) is 10.5 Å². The maximum absolute atomic E-state index is 12.7. The molecule has 2 aromatic carbocycles. The van der Waals surface area contributed by atoms with Crippen LogP contribution in [0.2, 0.25) is 0 Å². The number of rotatable bonds is 2. The van der Waals surface area contributed by atoms with Crippen molar-refractivity contribution in [3.05, 3.63) is 48.0 Å². The molecule has 0 saturated carbocycles. The molecule has 2 aromatic rings. The van der Waals surface area contributed by atoms with E-state index in [0.29, 0.717) is 22.6 Å². The summed E-state index contributed by atoms with van der Waals surface area (Å²) in [4.78, 5) is 0. The molecule has 0 fully saturated rings. The van der Waals surface area contributed by atoms with Crippen molar-refractivity contribution in [2.45, 2.75) is 6.18 Å². The highest BCUT2D eigenvalue weighted by Crippen LogP contribution is 2.35. The standard InChI is InChI=1S/C14H12F3NO/c1-19-11-5-2-9(3-6-11)12-8-10(14(15,16)17)4-7-13(12)18/h2-8H,18H2,1H3. The van der Waals surface area contributed by atoms with Gasteiger partial charge in [0.25, 0.3) is 0 Å². The van der Waals surface area contributed by atoms with Crippen molar-refractivity contribution < 1.29 is 17.9 Å². The minimum Gasteiger partial charge on any atom is -0.497 e. The van der Waals surface area contributed by atoms with Gasteiger partial charge in [-0.1, -0.05) is 12.1 Å². The van der Waals surface area contributed by atoms with E-state index in [1.807, 2.05) is 0 Å². The lowest BCUT2D eigenvalue weighted by Crippen LogP contribution is -2.05. The quantitative estimate of drug-likeness (QED) is 0.836. The van der Waals surface area contributed by atoms with Crippen LogP contribution in [0.3, 0.4) is 0 Å². The van der Waals surface area contributed by atoms with E-state index in [1.165, 1.54) is 13.2 Å². The molecule has 0 unspecified atom stereocenters. The summed E-state index contributed by atoms with van der Waals surface area (Å²) < 4.78 is 43.0. The van der Waals surface area contributed by atoms with E-state index >= 15 is 0 Å². The van der Waals surface area contributed by atoms with E-state index in [2.05, 4.69) is 0 Å². The van der Waals surface area contributed by atoms with Gasteiger partial charge in [-0.3, -0.25) is 0 Å². The lowest BCUT2D eigenvalue weighted by Gasteiger charge is -2.11. The molecule has 0 aliphatic rings. The van der Waals surface area contributed by atoms with Gasteiger partial charge in [0, 0.05) is 11.3 Å². The summed E-state index contributed by atoms with van der Waals surface area (Å²) in [6.07, 6.45) is -4.38. The molecule has 2 rings (SSSR count). The highest BCUT2D eigenvalue weighted by atomic mass is 19.4. The van der Waals surface area contributed by atoms with Crippen molar-refractivity contribution in [3.8, 4) is 16.9 Å². The Labute approximate surface area is 108 Å². The van der Waals surface area contributed by atoms with Crippen LogP contribution in [0.15, 0.2) is 42.5 Å². The molecular weight excluding hydrogens is 255 g/mol. The molecule has 0 radical (unpaired) electrons. The van der Waals surface area contributed by atoms with Gasteiger partial charge in [0.2, 0.25) is 0 Å². The maximum atomic E-state index is 12.7. The van der Waals surface area contributed by atoms with Crippen LogP contribution in [0.4, 0.5) is 18.9 Å². The zero-order valence-electron chi connectivity index (χ0n) is 10.2. The zero-order valence-corrected chi connectivity index (χ0v) is 10.2.